The van der Waals surface area contributed by atoms with E-state index >= 15 is 0 Å². The van der Waals surface area contributed by atoms with Crippen LogP contribution in [0.2, 0.25) is 0 Å². The van der Waals surface area contributed by atoms with Crippen molar-refractivity contribution in [3.05, 3.63) is 97.4 Å². The van der Waals surface area contributed by atoms with Gasteiger partial charge in [0.2, 0.25) is 46.8 Å². The zero-order valence-electron chi connectivity index (χ0n) is 42.6. The van der Waals surface area contributed by atoms with E-state index in [1.54, 1.807) is 15.1 Å². The van der Waals surface area contributed by atoms with E-state index in [0.29, 0.717) is 55.7 Å². The van der Waals surface area contributed by atoms with Crippen LogP contribution in [-0.2, 0) is 28.7 Å². The average molecular weight is 1050 g/mol. The SMILES string of the molecule is C=CC(=O)Cl.C=CC(=O)N1CCC1C(=O)Nc1cccc(Nc2nc(NC3CCOCC3)nc3c(C(C)C)cnn23)c1.CC(C)c1cnn2c(Nc3cccc(NC(=O)C4CCN4)c3)nc(NC3CCOCC3)nc12. The minimum Gasteiger partial charge on any atom is -0.381 e. The Bertz CT molecular complexity index is 3000. The van der Waals surface area contributed by atoms with Gasteiger partial charge in [-0.3, -0.25) is 19.2 Å². The number of fused-ring (bicyclic) bond motifs is 2. The van der Waals surface area contributed by atoms with Gasteiger partial charge in [0.1, 0.15) is 6.04 Å². The van der Waals surface area contributed by atoms with Crippen molar-refractivity contribution in [3.8, 4) is 0 Å². The van der Waals surface area contributed by atoms with Crippen molar-refractivity contribution in [2.45, 2.75) is 102 Å². The Kier molecular flexibility index (Phi) is 18.0. The summed E-state index contributed by atoms with van der Waals surface area (Å²) in [5.41, 5.74) is 6.47. The number of allylic oxidation sites excluding steroid dienone is 1. The van der Waals surface area contributed by atoms with Gasteiger partial charge in [0.05, 0.1) is 18.4 Å². The third-order valence-electron chi connectivity index (χ3n) is 13.0. The molecule has 4 fully saturated rings. The van der Waals surface area contributed by atoms with Crippen LogP contribution < -0.4 is 37.2 Å². The fourth-order valence-electron chi connectivity index (χ4n) is 8.56. The second kappa shape index (κ2) is 25.1. The molecule has 4 aromatic heterocycles. The van der Waals surface area contributed by atoms with Gasteiger partial charge in [-0.05, 0) is 117 Å². The molecule has 6 aromatic rings. The Balaban J connectivity index is 0.000000184. The third-order valence-corrected chi connectivity index (χ3v) is 13.2. The van der Waals surface area contributed by atoms with Crippen molar-refractivity contribution in [3.63, 3.8) is 0 Å². The molecule has 0 bridgehead atoms. The lowest BCUT2D eigenvalue weighted by Gasteiger charge is -2.39. The molecule has 2 atom stereocenters. The molecule has 4 saturated heterocycles. The Morgan fingerprint density at radius 2 is 1.12 bits per heavy atom. The molecule has 22 nitrogen and oxygen atoms in total. The lowest BCUT2D eigenvalue weighted by Crippen LogP contribution is -2.56. The molecule has 10 rings (SSSR count). The number of hydrogen-bond donors (Lipinski definition) is 7. The summed E-state index contributed by atoms with van der Waals surface area (Å²) in [6.45, 7) is 19.4. The molecule has 396 valence electrons. The zero-order chi connectivity index (χ0) is 53.0. The van der Waals surface area contributed by atoms with E-state index in [9.17, 15) is 19.2 Å². The normalized spacial score (nSPS) is 17.6. The highest BCUT2D eigenvalue weighted by Crippen LogP contribution is 2.29. The fraction of sp³-hybridized carbons (Fsp3) is 0.423. The number of nitrogens with one attached hydrogen (secondary N) is 7. The van der Waals surface area contributed by atoms with E-state index in [-0.39, 0.29) is 47.7 Å². The van der Waals surface area contributed by atoms with E-state index < -0.39 is 11.3 Å². The first-order valence-corrected chi connectivity index (χ1v) is 25.7. The van der Waals surface area contributed by atoms with Crippen LogP contribution in [-0.4, -0.2) is 131 Å². The first-order chi connectivity index (χ1) is 36.3. The predicted molar refractivity (Wildman–Crippen MR) is 289 cm³/mol. The van der Waals surface area contributed by atoms with Crippen molar-refractivity contribution < 1.29 is 28.7 Å². The molecule has 8 heterocycles. The molecule has 0 aliphatic carbocycles. The van der Waals surface area contributed by atoms with E-state index in [0.717, 1.165) is 97.4 Å². The minimum atomic E-state index is -0.509. The number of rotatable bonds is 16. The van der Waals surface area contributed by atoms with Crippen LogP contribution in [0.4, 0.5) is 46.5 Å². The Morgan fingerprint density at radius 1 is 0.667 bits per heavy atom. The minimum absolute atomic E-state index is 0.0144. The second-order valence-corrected chi connectivity index (χ2v) is 19.4. The molecule has 7 N–H and O–H groups in total. The molecule has 0 spiro atoms. The van der Waals surface area contributed by atoms with Crippen LogP contribution in [0, 0.1) is 0 Å². The first-order valence-electron chi connectivity index (χ1n) is 25.3. The van der Waals surface area contributed by atoms with Crippen molar-refractivity contribution in [1.29, 1.82) is 0 Å². The number of nitrogens with zero attached hydrogens (tertiary/aromatic N) is 9. The van der Waals surface area contributed by atoms with Crippen LogP contribution in [0.3, 0.4) is 0 Å². The average Bonchev–Trinajstić information content (AvgIpc) is 4.01. The molecule has 3 amide bonds. The fourth-order valence-corrected chi connectivity index (χ4v) is 8.56. The van der Waals surface area contributed by atoms with E-state index in [1.165, 1.54) is 11.0 Å². The number of ether oxygens (including phenoxy) is 2. The highest BCUT2D eigenvalue weighted by molar-refractivity contribution is 6.66. The van der Waals surface area contributed by atoms with Crippen molar-refractivity contribution >= 4 is 92.4 Å². The van der Waals surface area contributed by atoms with Gasteiger partial charge in [-0.2, -0.15) is 39.2 Å². The summed E-state index contributed by atoms with van der Waals surface area (Å²) in [7, 11) is 0. The lowest BCUT2D eigenvalue weighted by molar-refractivity contribution is -0.141. The number of carbonyl (C=O) groups is 4. The van der Waals surface area contributed by atoms with E-state index in [1.807, 2.05) is 54.9 Å². The lowest BCUT2D eigenvalue weighted by atomic mass is 10.0. The summed E-state index contributed by atoms with van der Waals surface area (Å²) in [5.74, 6) is 2.22. The number of amides is 3. The van der Waals surface area contributed by atoms with Crippen LogP contribution in [0.15, 0.2) is 86.2 Å². The Hall–Kier alpha value is -7.53. The van der Waals surface area contributed by atoms with E-state index in [2.05, 4.69) is 88.3 Å². The number of halogens is 1. The molecule has 0 radical (unpaired) electrons. The van der Waals surface area contributed by atoms with Gasteiger partial charge in [-0.25, -0.2) is 0 Å². The van der Waals surface area contributed by atoms with Crippen LogP contribution in [0.1, 0.15) is 89.2 Å². The smallest absolute Gasteiger partial charge is 0.247 e. The molecule has 75 heavy (non-hydrogen) atoms. The van der Waals surface area contributed by atoms with Gasteiger partial charge in [-0.1, -0.05) is 53.0 Å². The summed E-state index contributed by atoms with van der Waals surface area (Å²) < 4.78 is 14.4. The summed E-state index contributed by atoms with van der Waals surface area (Å²) in [4.78, 5) is 66.9. The number of carbonyl (C=O) groups excluding carboxylic acids is 4. The van der Waals surface area contributed by atoms with Crippen LogP contribution >= 0.6 is 11.6 Å². The predicted octanol–water partition coefficient (Wildman–Crippen LogP) is 7.13. The quantitative estimate of drug-likeness (QED) is 0.0376. The molecule has 23 heteroatoms. The molecule has 4 aliphatic heterocycles. The molecular formula is C52H65ClN16O6. The summed E-state index contributed by atoms with van der Waals surface area (Å²) in [6.07, 6.45) is 11.1. The van der Waals surface area contributed by atoms with Crippen molar-refractivity contribution in [1.82, 2.24) is 49.4 Å². The third kappa shape index (κ3) is 13.8. The summed E-state index contributed by atoms with van der Waals surface area (Å²) in [6, 6.07) is 14.9. The van der Waals surface area contributed by atoms with Crippen LogP contribution in [0.25, 0.3) is 11.3 Å². The van der Waals surface area contributed by atoms with Gasteiger partial charge in [0.15, 0.2) is 11.3 Å². The first kappa shape index (κ1) is 53.8. The van der Waals surface area contributed by atoms with Gasteiger partial charge >= 0.3 is 0 Å². The van der Waals surface area contributed by atoms with Crippen molar-refractivity contribution in [2.24, 2.45) is 0 Å². The second-order valence-electron chi connectivity index (χ2n) is 19.0. The molecule has 2 aromatic carbocycles. The van der Waals surface area contributed by atoms with Gasteiger partial charge < -0.3 is 51.6 Å². The molecule has 2 unspecified atom stereocenters. The van der Waals surface area contributed by atoms with Gasteiger partial charge in [-0.15, -0.1) is 0 Å². The van der Waals surface area contributed by atoms with Crippen LogP contribution in [0.5, 0.6) is 0 Å². The maximum absolute atomic E-state index is 12.8. The van der Waals surface area contributed by atoms with Gasteiger partial charge in [0.25, 0.3) is 0 Å². The Morgan fingerprint density at radius 3 is 1.51 bits per heavy atom. The number of aromatic nitrogens is 8. The molecule has 0 saturated carbocycles. The zero-order valence-corrected chi connectivity index (χ0v) is 43.4. The highest BCUT2D eigenvalue weighted by Gasteiger charge is 2.36. The summed E-state index contributed by atoms with van der Waals surface area (Å²) >= 11 is 4.71. The highest BCUT2D eigenvalue weighted by atomic mass is 35.5. The molecule has 4 aliphatic rings. The monoisotopic (exact) mass is 1040 g/mol. The number of likely N-dealkylation sites (tertiary alicyclic amines) is 1. The number of benzene rings is 2. The summed E-state index contributed by atoms with van der Waals surface area (Å²) in [5, 5.41) is 31.2. The largest absolute Gasteiger partial charge is 0.381 e. The number of anilines is 8. The van der Waals surface area contributed by atoms with Gasteiger partial charge in [0, 0.05) is 78.9 Å². The number of hydrogen-bond acceptors (Lipinski definition) is 17. The Labute approximate surface area is 439 Å². The van der Waals surface area contributed by atoms with E-state index in [4.69, 9.17) is 41.0 Å². The standard InChI is InChI=1S/C26H32N8O3.C23H30N8O2.C3H3ClO/c1-4-22(35)33-11-8-21(33)24(36)28-18-6-5-7-19(14-18)30-26-32-25(29-17-9-12-37-13-10-17)31-23-20(16(2)3)15-27-34(23)26;1-14(2)18-13-25-31-20(18)29-22(27-15-7-10-33-11-8-15)30-23(31)28-17-5-3-4-16(12-17)26-21(32)19-6-9-24-19;1-2-3(4)5/h4-7,14-17,21H,1,8-13H2,2-3H3,(H,28,36)(H2,29,30,31,32);3-5,12-15,19,24H,6-11H2,1-2H3,(H,26,32)(H2,27,28,29,30);2H,1H2. The topological polar surface area (TPSA) is 260 Å². The van der Waals surface area contributed by atoms with Crippen molar-refractivity contribution in [2.75, 3.05) is 71.4 Å². The molecular weight excluding hydrogens is 980 g/mol. The maximum atomic E-state index is 12.8. The maximum Gasteiger partial charge on any atom is 0.247 e.